The van der Waals surface area contributed by atoms with Crippen molar-refractivity contribution in [3.05, 3.63) is 255 Å². The van der Waals surface area contributed by atoms with Crippen molar-refractivity contribution < 1.29 is 4.42 Å². The van der Waals surface area contributed by atoms with Crippen molar-refractivity contribution in [1.29, 1.82) is 0 Å². The minimum Gasteiger partial charge on any atom is -0.452 e. The maximum absolute atomic E-state index is 6.37. The van der Waals surface area contributed by atoms with Crippen LogP contribution in [0.4, 0.5) is 0 Å². The lowest BCUT2D eigenvalue weighted by molar-refractivity contribution is 0.666. The first kappa shape index (κ1) is 44.6. The van der Waals surface area contributed by atoms with E-state index >= 15 is 0 Å². The normalized spacial score (nSPS) is 12.0. The quantitative estimate of drug-likeness (QED) is 0.176. The Labute approximate surface area is 460 Å². The highest BCUT2D eigenvalue weighted by atomic mass is 32.1. The first-order chi connectivity index (χ1) is 39.6. The molecule has 0 aliphatic heterocycles. The summed E-state index contributed by atoms with van der Waals surface area (Å²) in [6.07, 6.45) is 0. The van der Waals surface area contributed by atoms with Gasteiger partial charge in [0.05, 0.1) is 38.0 Å². The number of thiophene rings is 1. The van der Waals surface area contributed by atoms with Crippen molar-refractivity contribution in [2.24, 2.45) is 0 Å². The molecule has 80 heavy (non-hydrogen) atoms. The second-order valence-electron chi connectivity index (χ2n) is 20.5. The Kier molecular flexibility index (Phi) is 9.75. The summed E-state index contributed by atoms with van der Waals surface area (Å²) in [5.74, 6) is 1.32. The molecule has 0 radical (unpaired) electrons. The van der Waals surface area contributed by atoms with Crippen LogP contribution in [0, 0.1) is 0 Å². The van der Waals surface area contributed by atoms with E-state index in [1.165, 1.54) is 74.7 Å². The number of fused-ring (bicyclic) bond motifs is 17. The fraction of sp³-hybridized carbons (Fsp3) is 0. The molecule has 0 atom stereocenters. The Hall–Kier alpha value is -10.5. The molecule has 12 aromatic carbocycles. The zero-order valence-electron chi connectivity index (χ0n) is 42.7. The van der Waals surface area contributed by atoms with Crippen molar-refractivity contribution in [1.82, 2.24) is 29.1 Å². The fourth-order valence-corrected chi connectivity index (χ4v) is 13.4. The maximum Gasteiger partial charge on any atom is 0.236 e. The summed E-state index contributed by atoms with van der Waals surface area (Å²) in [5, 5.41) is 16.7. The van der Waals surface area contributed by atoms with Gasteiger partial charge in [-0.05, 0) is 104 Å². The first-order valence-electron chi connectivity index (χ1n) is 26.9. The van der Waals surface area contributed by atoms with Gasteiger partial charge in [-0.1, -0.05) is 194 Å². The van der Waals surface area contributed by atoms with Gasteiger partial charge in [-0.3, -0.25) is 9.13 Å². The third-order valence-corrected chi connectivity index (χ3v) is 17.1. The minimum absolute atomic E-state index is 0.628. The van der Waals surface area contributed by atoms with Crippen LogP contribution in [0.3, 0.4) is 0 Å². The van der Waals surface area contributed by atoms with Crippen molar-refractivity contribution in [3.63, 3.8) is 0 Å². The second kappa shape index (κ2) is 17.5. The smallest absolute Gasteiger partial charge is 0.236 e. The van der Waals surface area contributed by atoms with Crippen LogP contribution in [0.1, 0.15) is 0 Å². The molecule has 0 spiro atoms. The predicted molar refractivity (Wildman–Crippen MR) is 334 cm³/mol. The van der Waals surface area contributed by atoms with Crippen LogP contribution in [-0.2, 0) is 0 Å². The summed E-state index contributed by atoms with van der Waals surface area (Å²) >= 11 is 1.77. The number of benzene rings is 12. The summed E-state index contributed by atoms with van der Waals surface area (Å²) in [5.41, 5.74) is 11.6. The molecule has 6 aromatic heterocycles. The fourth-order valence-electron chi connectivity index (χ4n) is 12.2. The molecule has 18 rings (SSSR count). The standard InChI is InChI=1S/C36H21N3O.C36H21N3S/c1-2-10-22(11-3-1)33-35-34(27-16-8-9-17-32(27)40-35)38-36(37-33)39-30-20-25-14-6-4-12-23(25)18-28(30)29-19-24-13-5-7-15-26(24)21-31(29)39;1-2-11-23(12-3-1)33-35-34(27-16-8-9-17-31(27)40-35)38-36(37-33)39-29-19-18-22-10-6-7-15-26(22)32(29)28-20-24-13-4-5-14-25(24)21-30(28)39/h2*1-21H. The van der Waals surface area contributed by atoms with Crippen LogP contribution in [0.2, 0.25) is 0 Å². The van der Waals surface area contributed by atoms with Gasteiger partial charge in [-0.15, -0.1) is 11.3 Å². The molecule has 0 saturated heterocycles. The molecule has 0 aliphatic rings. The molecule has 0 amide bonds. The van der Waals surface area contributed by atoms with Crippen molar-refractivity contribution in [3.8, 4) is 34.4 Å². The average molecular weight is 1040 g/mol. The van der Waals surface area contributed by atoms with E-state index in [0.717, 1.165) is 71.3 Å². The second-order valence-corrected chi connectivity index (χ2v) is 21.6. The Balaban J connectivity index is 0.000000128. The molecule has 0 unspecified atom stereocenters. The molecule has 6 heterocycles. The Morgan fingerprint density at radius 3 is 1.39 bits per heavy atom. The highest BCUT2D eigenvalue weighted by molar-refractivity contribution is 7.26. The molecule has 0 N–H and O–H groups in total. The van der Waals surface area contributed by atoms with E-state index in [4.69, 9.17) is 24.4 Å². The zero-order chi connectivity index (χ0) is 52.4. The molecule has 0 bridgehead atoms. The highest BCUT2D eigenvalue weighted by Crippen LogP contribution is 2.43. The molecular formula is C72H42N6OS. The van der Waals surface area contributed by atoms with Crippen LogP contribution in [0.5, 0.6) is 0 Å². The summed E-state index contributed by atoms with van der Waals surface area (Å²) < 4.78 is 13.2. The van der Waals surface area contributed by atoms with Gasteiger partial charge in [0.1, 0.15) is 16.8 Å². The molecule has 0 fully saturated rings. The number of hydrogen-bond acceptors (Lipinski definition) is 6. The maximum atomic E-state index is 6.37. The SMILES string of the molecule is c1ccc(-c2nc(-n3c4cc5ccccc5cc4c4c5ccccc5ccc43)nc3c2sc2ccccc23)cc1.c1ccc(-c2nc(-n3c4cc5ccccc5cc4c4cc5ccccc5cc43)nc3c2oc2ccccc23)cc1. The molecular weight excluding hydrogens is 997 g/mol. The lowest BCUT2D eigenvalue weighted by atomic mass is 10.0. The average Bonchev–Trinajstić information content (AvgIpc) is 4.41. The van der Waals surface area contributed by atoms with Gasteiger partial charge in [-0.2, -0.15) is 0 Å². The van der Waals surface area contributed by atoms with Crippen molar-refractivity contribution in [2.75, 3.05) is 0 Å². The Morgan fingerprint density at radius 2 is 0.762 bits per heavy atom. The number of aromatic nitrogens is 6. The van der Waals surface area contributed by atoms with Gasteiger partial charge >= 0.3 is 0 Å². The van der Waals surface area contributed by atoms with Crippen LogP contribution in [0.15, 0.2) is 259 Å². The summed E-state index contributed by atoms with van der Waals surface area (Å²) in [4.78, 5) is 21.1. The van der Waals surface area contributed by atoms with Gasteiger partial charge in [0.2, 0.25) is 11.9 Å². The largest absolute Gasteiger partial charge is 0.452 e. The topological polar surface area (TPSA) is 74.6 Å². The van der Waals surface area contributed by atoms with Gasteiger partial charge in [-0.25, -0.2) is 19.9 Å². The summed E-state index contributed by atoms with van der Waals surface area (Å²) in [6.45, 7) is 0. The molecule has 372 valence electrons. The number of rotatable bonds is 4. The van der Waals surface area contributed by atoms with E-state index in [2.05, 4.69) is 228 Å². The van der Waals surface area contributed by atoms with Crippen LogP contribution in [-0.4, -0.2) is 29.1 Å². The van der Waals surface area contributed by atoms with E-state index < -0.39 is 0 Å². The van der Waals surface area contributed by atoms with Crippen LogP contribution < -0.4 is 0 Å². The third kappa shape index (κ3) is 6.86. The van der Waals surface area contributed by atoms with E-state index in [0.29, 0.717) is 17.5 Å². The molecule has 0 saturated carbocycles. The zero-order valence-corrected chi connectivity index (χ0v) is 43.6. The van der Waals surface area contributed by atoms with Crippen molar-refractivity contribution >= 4 is 140 Å². The third-order valence-electron chi connectivity index (χ3n) is 15.9. The number of nitrogens with zero attached hydrogens (tertiary/aromatic N) is 6. The molecule has 0 aliphatic carbocycles. The lowest BCUT2D eigenvalue weighted by Gasteiger charge is -2.10. The van der Waals surface area contributed by atoms with Gasteiger partial charge in [0.15, 0.2) is 5.58 Å². The van der Waals surface area contributed by atoms with Gasteiger partial charge in [0.25, 0.3) is 0 Å². The lowest BCUT2D eigenvalue weighted by Crippen LogP contribution is -2.03. The van der Waals surface area contributed by atoms with E-state index in [1.54, 1.807) is 11.3 Å². The van der Waals surface area contributed by atoms with Crippen LogP contribution >= 0.6 is 11.3 Å². The van der Waals surface area contributed by atoms with E-state index in [1.807, 2.05) is 36.4 Å². The Morgan fingerprint density at radius 1 is 0.312 bits per heavy atom. The predicted octanol–water partition coefficient (Wildman–Crippen LogP) is 19.4. The number of para-hydroxylation sites is 1. The highest BCUT2D eigenvalue weighted by Gasteiger charge is 2.24. The number of furan rings is 1. The first-order valence-corrected chi connectivity index (χ1v) is 27.7. The monoisotopic (exact) mass is 1040 g/mol. The van der Waals surface area contributed by atoms with E-state index in [-0.39, 0.29) is 0 Å². The molecule has 8 heteroatoms. The van der Waals surface area contributed by atoms with Crippen molar-refractivity contribution in [2.45, 2.75) is 0 Å². The minimum atomic E-state index is 0.628. The van der Waals surface area contributed by atoms with Crippen LogP contribution in [0.25, 0.3) is 163 Å². The van der Waals surface area contributed by atoms with Gasteiger partial charge in [0, 0.05) is 48.1 Å². The number of hydrogen-bond donors (Lipinski definition) is 0. The van der Waals surface area contributed by atoms with Gasteiger partial charge < -0.3 is 4.42 Å². The molecule has 7 nitrogen and oxygen atoms in total. The summed E-state index contributed by atoms with van der Waals surface area (Å²) in [6, 6.07) is 89.8. The van der Waals surface area contributed by atoms with E-state index in [9.17, 15) is 0 Å². The molecule has 18 aromatic rings. The summed E-state index contributed by atoms with van der Waals surface area (Å²) in [7, 11) is 0. The Bertz CT molecular complexity index is 5300.